The molecule has 5 rings (SSSR count). The second kappa shape index (κ2) is 7.38. The number of aromatic hydroxyl groups is 1. The van der Waals surface area contributed by atoms with Crippen LogP contribution in [0.3, 0.4) is 0 Å². The van der Waals surface area contributed by atoms with Crippen LogP contribution in [0.4, 0.5) is 11.4 Å². The third kappa shape index (κ3) is 3.17. The molecule has 2 N–H and O–H groups in total. The number of phenols is 1. The molecule has 0 aromatic heterocycles. The summed E-state index contributed by atoms with van der Waals surface area (Å²) < 4.78 is 0. The lowest BCUT2D eigenvalue weighted by molar-refractivity contribution is -0.112. The summed E-state index contributed by atoms with van der Waals surface area (Å²) in [6.45, 7) is 4.05. The van der Waals surface area contributed by atoms with Gasteiger partial charge in [0.05, 0.1) is 16.9 Å². The number of aromatic carboxylic acids is 1. The Balaban J connectivity index is 1.68. The van der Waals surface area contributed by atoms with E-state index in [0.717, 1.165) is 27.9 Å². The van der Waals surface area contributed by atoms with E-state index in [1.165, 1.54) is 30.5 Å². The first-order chi connectivity index (χ1) is 15.4. The largest absolute Gasteiger partial charge is 0.507 e. The Hall–Kier alpha value is -3.86. The van der Waals surface area contributed by atoms with Crippen molar-refractivity contribution in [3.05, 3.63) is 88.0 Å². The molecule has 160 valence electrons. The van der Waals surface area contributed by atoms with E-state index in [0.29, 0.717) is 17.2 Å². The maximum atomic E-state index is 13.7. The van der Waals surface area contributed by atoms with Crippen molar-refractivity contribution in [2.75, 3.05) is 4.90 Å². The molecule has 3 aromatic rings. The van der Waals surface area contributed by atoms with E-state index in [9.17, 15) is 19.8 Å². The van der Waals surface area contributed by atoms with Gasteiger partial charge in [0.2, 0.25) is 0 Å². The average Bonchev–Trinajstić information content (AvgIpc) is 3.54. The van der Waals surface area contributed by atoms with Gasteiger partial charge in [-0.3, -0.25) is 9.69 Å². The average molecular weight is 425 g/mol. The van der Waals surface area contributed by atoms with Gasteiger partial charge in [-0.05, 0) is 79.1 Å². The monoisotopic (exact) mass is 425 g/mol. The molecule has 0 atom stereocenters. The molecule has 2 aliphatic rings. The van der Waals surface area contributed by atoms with Gasteiger partial charge in [0.25, 0.3) is 5.91 Å². The number of aryl methyl sites for hydroxylation is 2. The Labute approximate surface area is 186 Å². The standard InChI is InChI=1S/C27H23NO4/c1-15-5-3-7-19(17-9-10-17)21(15)14-22-25-16(2)6-4-8-23(25)28(26(22)30)18-11-12-20(27(31)32)24(29)13-18/h3-8,11-14,17,29H,9-10H2,1-2H3,(H,31,32)/b22-14-. The van der Waals surface area contributed by atoms with Crippen molar-refractivity contribution >= 4 is 34.9 Å². The van der Waals surface area contributed by atoms with E-state index in [4.69, 9.17) is 0 Å². The Kier molecular flexibility index (Phi) is 4.63. The number of carboxylic acid groups (broad SMARTS) is 1. The third-order valence-corrected chi connectivity index (χ3v) is 6.33. The first kappa shape index (κ1) is 20.1. The molecule has 1 heterocycles. The summed E-state index contributed by atoms with van der Waals surface area (Å²) in [6, 6.07) is 16.2. The predicted molar refractivity (Wildman–Crippen MR) is 124 cm³/mol. The van der Waals surface area contributed by atoms with Crippen LogP contribution in [0, 0.1) is 13.8 Å². The lowest BCUT2D eigenvalue weighted by Crippen LogP contribution is -2.20. The normalized spacial score (nSPS) is 16.5. The van der Waals surface area contributed by atoms with Crippen LogP contribution in [0.2, 0.25) is 0 Å². The fourth-order valence-corrected chi connectivity index (χ4v) is 4.55. The van der Waals surface area contributed by atoms with Gasteiger partial charge in [0, 0.05) is 11.6 Å². The van der Waals surface area contributed by atoms with Crippen molar-refractivity contribution < 1.29 is 19.8 Å². The van der Waals surface area contributed by atoms with Gasteiger partial charge in [-0.1, -0.05) is 30.3 Å². The second-order valence-corrected chi connectivity index (χ2v) is 8.53. The minimum absolute atomic E-state index is 0.193. The van der Waals surface area contributed by atoms with Crippen molar-refractivity contribution in [3.8, 4) is 5.75 Å². The molecule has 32 heavy (non-hydrogen) atoms. The lowest BCUT2D eigenvalue weighted by atomic mass is 9.93. The van der Waals surface area contributed by atoms with Crippen molar-refractivity contribution in [2.45, 2.75) is 32.6 Å². The van der Waals surface area contributed by atoms with Crippen LogP contribution in [0.25, 0.3) is 11.6 Å². The van der Waals surface area contributed by atoms with Gasteiger partial charge < -0.3 is 10.2 Å². The van der Waals surface area contributed by atoms with Gasteiger partial charge in [-0.2, -0.15) is 0 Å². The van der Waals surface area contributed by atoms with E-state index in [1.54, 1.807) is 11.0 Å². The molecule has 5 nitrogen and oxygen atoms in total. The van der Waals surface area contributed by atoms with Crippen LogP contribution in [0.15, 0.2) is 54.6 Å². The van der Waals surface area contributed by atoms with Gasteiger partial charge in [0.15, 0.2) is 0 Å². The molecule has 1 saturated carbocycles. The van der Waals surface area contributed by atoms with E-state index < -0.39 is 5.97 Å². The Morgan fingerprint density at radius 1 is 1.03 bits per heavy atom. The number of hydrogen-bond acceptors (Lipinski definition) is 3. The highest BCUT2D eigenvalue weighted by atomic mass is 16.4. The molecule has 0 saturated heterocycles. The molecule has 1 amide bonds. The molecule has 0 spiro atoms. The topological polar surface area (TPSA) is 77.8 Å². The van der Waals surface area contributed by atoms with Crippen LogP contribution in [0.5, 0.6) is 5.75 Å². The molecule has 1 aliphatic heterocycles. The smallest absolute Gasteiger partial charge is 0.339 e. The van der Waals surface area contributed by atoms with Crippen molar-refractivity contribution in [1.29, 1.82) is 0 Å². The highest BCUT2D eigenvalue weighted by molar-refractivity contribution is 6.38. The molecular formula is C27H23NO4. The van der Waals surface area contributed by atoms with Crippen molar-refractivity contribution in [3.63, 3.8) is 0 Å². The number of rotatable bonds is 4. The summed E-state index contributed by atoms with van der Waals surface area (Å²) in [5, 5.41) is 19.4. The quantitative estimate of drug-likeness (QED) is 0.518. The maximum absolute atomic E-state index is 13.7. The molecule has 0 radical (unpaired) electrons. The van der Waals surface area contributed by atoms with Crippen molar-refractivity contribution in [2.24, 2.45) is 0 Å². The summed E-state index contributed by atoms with van der Waals surface area (Å²) in [5.74, 6) is -1.23. The molecule has 3 aromatic carbocycles. The van der Waals surface area contributed by atoms with Gasteiger partial charge in [0.1, 0.15) is 11.3 Å². The zero-order valence-electron chi connectivity index (χ0n) is 17.9. The number of amides is 1. The van der Waals surface area contributed by atoms with Gasteiger partial charge in [-0.25, -0.2) is 4.79 Å². The first-order valence-electron chi connectivity index (χ1n) is 10.7. The Morgan fingerprint density at radius 3 is 2.44 bits per heavy atom. The summed E-state index contributed by atoms with van der Waals surface area (Å²) in [7, 11) is 0. The van der Waals surface area contributed by atoms with Crippen LogP contribution in [-0.4, -0.2) is 22.1 Å². The molecule has 5 heteroatoms. The van der Waals surface area contributed by atoms with Gasteiger partial charge >= 0.3 is 5.97 Å². The Morgan fingerprint density at radius 2 is 1.75 bits per heavy atom. The number of carbonyl (C=O) groups excluding carboxylic acids is 1. The van der Waals surface area contributed by atoms with E-state index in [2.05, 4.69) is 25.1 Å². The number of carboxylic acids is 1. The van der Waals surface area contributed by atoms with Gasteiger partial charge in [-0.15, -0.1) is 0 Å². The number of benzene rings is 3. The SMILES string of the molecule is Cc1cccc(C2CC2)c1/C=C1\C(=O)N(c2ccc(C(=O)O)c(O)c2)c2cccc(C)c21. The fourth-order valence-electron chi connectivity index (χ4n) is 4.55. The first-order valence-corrected chi connectivity index (χ1v) is 10.7. The highest BCUT2D eigenvalue weighted by Crippen LogP contribution is 2.47. The molecule has 0 bridgehead atoms. The van der Waals surface area contributed by atoms with Crippen LogP contribution < -0.4 is 4.90 Å². The number of hydrogen-bond donors (Lipinski definition) is 2. The number of fused-ring (bicyclic) bond motifs is 1. The second-order valence-electron chi connectivity index (χ2n) is 8.53. The minimum Gasteiger partial charge on any atom is -0.507 e. The summed E-state index contributed by atoms with van der Waals surface area (Å²) >= 11 is 0. The Bertz CT molecular complexity index is 1320. The van der Waals surface area contributed by atoms with E-state index >= 15 is 0 Å². The highest BCUT2D eigenvalue weighted by Gasteiger charge is 2.36. The summed E-state index contributed by atoms with van der Waals surface area (Å²) in [4.78, 5) is 26.6. The van der Waals surface area contributed by atoms with Crippen LogP contribution in [-0.2, 0) is 4.79 Å². The molecular weight excluding hydrogens is 402 g/mol. The molecule has 1 aliphatic carbocycles. The van der Waals surface area contributed by atoms with Crippen molar-refractivity contribution in [1.82, 2.24) is 0 Å². The maximum Gasteiger partial charge on any atom is 0.339 e. The van der Waals surface area contributed by atoms with E-state index in [-0.39, 0.29) is 17.2 Å². The zero-order chi connectivity index (χ0) is 22.6. The number of carbonyl (C=O) groups is 2. The minimum atomic E-state index is -1.22. The van der Waals surface area contributed by atoms with Crippen LogP contribution >= 0.6 is 0 Å². The molecule has 1 fully saturated rings. The summed E-state index contributed by atoms with van der Waals surface area (Å²) in [5.41, 5.74) is 6.92. The number of nitrogens with zero attached hydrogens (tertiary/aromatic N) is 1. The number of anilines is 2. The fraction of sp³-hybridized carbons (Fsp3) is 0.185. The predicted octanol–water partition coefficient (Wildman–Crippen LogP) is 5.80. The lowest BCUT2D eigenvalue weighted by Gasteiger charge is -2.18. The third-order valence-electron chi connectivity index (χ3n) is 6.33. The summed E-state index contributed by atoms with van der Waals surface area (Å²) in [6.07, 6.45) is 4.34. The molecule has 0 unspecified atom stereocenters. The van der Waals surface area contributed by atoms with E-state index in [1.807, 2.05) is 31.2 Å². The van der Waals surface area contributed by atoms with Crippen LogP contribution in [0.1, 0.15) is 56.9 Å². The zero-order valence-corrected chi connectivity index (χ0v) is 17.9.